The van der Waals surface area contributed by atoms with Gasteiger partial charge >= 0.3 is 0 Å². The fourth-order valence-electron chi connectivity index (χ4n) is 3.96. The average molecular weight is 435 g/mol. The van der Waals surface area contributed by atoms with E-state index >= 15 is 0 Å². The van der Waals surface area contributed by atoms with Crippen molar-refractivity contribution in [2.24, 2.45) is 5.73 Å². The minimum atomic E-state index is -0.584. The van der Waals surface area contributed by atoms with E-state index in [1.54, 1.807) is 44.0 Å². The van der Waals surface area contributed by atoms with Crippen LogP contribution < -0.4 is 30.0 Å². The molecule has 0 fully saturated rings. The molecule has 2 aromatic carbocycles. The monoisotopic (exact) mass is 435 g/mol. The molecule has 0 spiro atoms. The van der Waals surface area contributed by atoms with Crippen molar-refractivity contribution in [1.82, 2.24) is 14.8 Å². The fraction of sp³-hybridized carbons (Fsp3) is 0.227. The Labute approximate surface area is 183 Å². The van der Waals surface area contributed by atoms with Crippen molar-refractivity contribution >= 4 is 11.9 Å². The van der Waals surface area contributed by atoms with E-state index in [-0.39, 0.29) is 6.79 Å². The van der Waals surface area contributed by atoms with E-state index in [1.807, 2.05) is 18.2 Å². The second kappa shape index (κ2) is 7.49. The number of anilines is 1. The van der Waals surface area contributed by atoms with Crippen LogP contribution in [-0.4, -0.2) is 41.7 Å². The Kier molecular flexibility index (Phi) is 4.62. The van der Waals surface area contributed by atoms with E-state index in [2.05, 4.69) is 10.3 Å². The van der Waals surface area contributed by atoms with Gasteiger partial charge in [-0.15, -0.1) is 5.10 Å². The number of nitrogens with two attached hydrogens (primary N) is 1. The van der Waals surface area contributed by atoms with Gasteiger partial charge in [0.1, 0.15) is 6.04 Å². The number of aromatic nitrogens is 3. The zero-order chi connectivity index (χ0) is 22.4. The molecule has 0 aliphatic carbocycles. The van der Waals surface area contributed by atoms with Gasteiger partial charge < -0.3 is 30.0 Å². The number of nitrogens with one attached hydrogen (secondary N) is 1. The summed E-state index contributed by atoms with van der Waals surface area (Å²) in [6, 6.07) is 10.3. The van der Waals surface area contributed by atoms with Crippen LogP contribution in [0.4, 0.5) is 5.95 Å². The maximum Gasteiger partial charge on any atom is 0.248 e. The molecule has 5 rings (SSSR count). The van der Waals surface area contributed by atoms with Crippen LogP contribution >= 0.6 is 0 Å². The van der Waals surface area contributed by atoms with Gasteiger partial charge in [-0.2, -0.15) is 4.98 Å². The molecule has 0 radical (unpaired) electrons. The first-order chi connectivity index (χ1) is 15.5. The van der Waals surface area contributed by atoms with E-state index in [9.17, 15) is 4.79 Å². The van der Waals surface area contributed by atoms with Crippen molar-refractivity contribution in [1.29, 1.82) is 0 Å². The van der Waals surface area contributed by atoms with Crippen LogP contribution in [0.15, 0.2) is 47.7 Å². The number of hydrogen-bond acceptors (Lipinski definition) is 8. The van der Waals surface area contributed by atoms with Gasteiger partial charge in [0.25, 0.3) is 0 Å². The lowest BCUT2D eigenvalue weighted by Crippen LogP contribution is -2.31. The summed E-state index contributed by atoms with van der Waals surface area (Å²) >= 11 is 0. The molecule has 2 aliphatic heterocycles. The zero-order valence-electron chi connectivity index (χ0n) is 17.7. The molecule has 10 heteroatoms. The average Bonchev–Trinajstić information content (AvgIpc) is 3.43. The number of methoxy groups -OCH3 is 2. The Bertz CT molecular complexity index is 1270. The Morgan fingerprint density at radius 3 is 2.66 bits per heavy atom. The van der Waals surface area contributed by atoms with Crippen LogP contribution in [0.3, 0.4) is 0 Å². The third kappa shape index (κ3) is 3.08. The lowest BCUT2D eigenvalue weighted by atomic mass is 9.95. The number of ether oxygens (including phenoxy) is 4. The SMILES string of the molecule is COc1ccc(-c2nc3n(n2)[C@@H](c2ccc4c(c2)OCO4)C(C(N)=O)=C(C)N3)cc1OC. The normalized spacial score (nSPS) is 16.4. The van der Waals surface area contributed by atoms with Crippen LogP contribution in [0.25, 0.3) is 11.4 Å². The lowest BCUT2D eigenvalue weighted by Gasteiger charge is -2.27. The Morgan fingerprint density at radius 1 is 1.12 bits per heavy atom. The molecular weight excluding hydrogens is 414 g/mol. The van der Waals surface area contributed by atoms with Crippen LogP contribution in [0.5, 0.6) is 23.0 Å². The van der Waals surface area contributed by atoms with Crippen molar-refractivity contribution in [2.45, 2.75) is 13.0 Å². The van der Waals surface area contributed by atoms with Gasteiger partial charge in [0.15, 0.2) is 28.8 Å². The molecule has 0 bridgehead atoms. The first kappa shape index (κ1) is 19.7. The first-order valence-corrected chi connectivity index (χ1v) is 9.86. The van der Waals surface area contributed by atoms with E-state index < -0.39 is 11.9 Å². The largest absolute Gasteiger partial charge is 0.493 e. The molecule has 164 valence electrons. The minimum absolute atomic E-state index is 0.153. The fourth-order valence-corrected chi connectivity index (χ4v) is 3.96. The number of nitrogens with zero attached hydrogens (tertiary/aromatic N) is 3. The number of amides is 1. The molecule has 3 aromatic rings. The van der Waals surface area contributed by atoms with Crippen molar-refractivity contribution in [3.63, 3.8) is 0 Å². The Hall–Kier alpha value is -4.21. The number of fused-ring (bicyclic) bond motifs is 2. The molecule has 1 amide bonds. The highest BCUT2D eigenvalue weighted by Crippen LogP contribution is 2.41. The number of allylic oxidation sites excluding steroid dienone is 1. The first-order valence-electron chi connectivity index (χ1n) is 9.86. The second-order valence-corrected chi connectivity index (χ2v) is 7.32. The van der Waals surface area contributed by atoms with Gasteiger partial charge in [0.2, 0.25) is 18.6 Å². The highest BCUT2D eigenvalue weighted by atomic mass is 16.7. The molecule has 0 saturated heterocycles. The predicted octanol–water partition coefficient (Wildman–Crippen LogP) is 2.47. The highest BCUT2D eigenvalue weighted by molar-refractivity contribution is 5.95. The molecule has 10 nitrogen and oxygen atoms in total. The zero-order valence-corrected chi connectivity index (χ0v) is 17.7. The third-order valence-corrected chi connectivity index (χ3v) is 5.47. The number of primary amides is 1. The van der Waals surface area contributed by atoms with Crippen molar-refractivity contribution < 1.29 is 23.7 Å². The van der Waals surface area contributed by atoms with Crippen LogP contribution in [0.2, 0.25) is 0 Å². The van der Waals surface area contributed by atoms with E-state index in [4.69, 9.17) is 29.8 Å². The summed E-state index contributed by atoms with van der Waals surface area (Å²) in [6.45, 7) is 1.94. The van der Waals surface area contributed by atoms with E-state index in [1.165, 1.54) is 0 Å². The summed E-state index contributed by atoms with van der Waals surface area (Å²) in [7, 11) is 3.14. The van der Waals surface area contributed by atoms with Crippen LogP contribution in [-0.2, 0) is 4.79 Å². The van der Waals surface area contributed by atoms with Gasteiger partial charge in [0.05, 0.1) is 19.8 Å². The third-order valence-electron chi connectivity index (χ3n) is 5.47. The van der Waals surface area contributed by atoms with Gasteiger partial charge in [-0.1, -0.05) is 6.07 Å². The summed E-state index contributed by atoms with van der Waals surface area (Å²) in [6.07, 6.45) is 0. The number of hydrogen-bond donors (Lipinski definition) is 2. The maximum atomic E-state index is 12.4. The summed E-state index contributed by atoms with van der Waals surface area (Å²) in [5.74, 6) is 2.80. The molecule has 1 atom stereocenters. The lowest BCUT2D eigenvalue weighted by molar-refractivity contribution is -0.115. The topological polar surface area (TPSA) is 123 Å². The second-order valence-electron chi connectivity index (χ2n) is 7.32. The van der Waals surface area contributed by atoms with E-state index in [0.29, 0.717) is 46.0 Å². The molecule has 3 N–H and O–H groups in total. The Balaban J connectivity index is 1.63. The summed E-state index contributed by atoms with van der Waals surface area (Å²) < 4.78 is 23.3. The van der Waals surface area contributed by atoms with Gasteiger partial charge in [-0.05, 0) is 42.8 Å². The van der Waals surface area contributed by atoms with Gasteiger partial charge in [-0.25, -0.2) is 4.68 Å². The minimum Gasteiger partial charge on any atom is -0.493 e. The van der Waals surface area contributed by atoms with Gasteiger partial charge in [-0.3, -0.25) is 4.79 Å². The quantitative estimate of drug-likeness (QED) is 0.627. The van der Waals surface area contributed by atoms with Crippen molar-refractivity contribution in [3.8, 4) is 34.4 Å². The van der Waals surface area contributed by atoms with Crippen molar-refractivity contribution in [2.75, 3.05) is 26.3 Å². The summed E-state index contributed by atoms with van der Waals surface area (Å²) in [4.78, 5) is 17.0. The van der Waals surface area contributed by atoms with Crippen molar-refractivity contribution in [3.05, 3.63) is 53.2 Å². The molecule has 1 aromatic heterocycles. The summed E-state index contributed by atoms with van der Waals surface area (Å²) in [5, 5.41) is 7.84. The Morgan fingerprint density at radius 2 is 1.91 bits per heavy atom. The smallest absolute Gasteiger partial charge is 0.248 e. The summed E-state index contributed by atoms with van der Waals surface area (Å²) in [5.41, 5.74) is 8.26. The number of carbonyl (C=O) groups is 1. The molecule has 3 heterocycles. The van der Waals surface area contributed by atoms with Crippen LogP contribution in [0, 0.1) is 0 Å². The predicted molar refractivity (Wildman–Crippen MR) is 115 cm³/mol. The highest BCUT2D eigenvalue weighted by Gasteiger charge is 2.34. The number of rotatable bonds is 5. The number of benzene rings is 2. The standard InChI is InChI=1S/C22H21N5O5/c1-11-18(20(23)28)19(12-4-7-15-17(8-12)32-10-31-15)27-22(24-11)25-21(26-27)13-5-6-14(29-2)16(9-13)30-3/h4-9,19H,10H2,1-3H3,(H2,23,28)(H,24,25,26)/t19-/m0/s1. The number of carbonyl (C=O) groups excluding carboxylic acids is 1. The molecule has 2 aliphatic rings. The van der Waals surface area contributed by atoms with Crippen LogP contribution in [0.1, 0.15) is 18.5 Å². The molecule has 32 heavy (non-hydrogen) atoms. The van der Waals surface area contributed by atoms with E-state index in [0.717, 1.165) is 11.1 Å². The molecular formula is C22H21N5O5. The molecule has 0 saturated carbocycles. The molecule has 0 unspecified atom stereocenters. The maximum absolute atomic E-state index is 12.4. The van der Waals surface area contributed by atoms with Gasteiger partial charge in [0, 0.05) is 11.3 Å².